The molecule has 2 N–H and O–H groups in total. The van der Waals surface area contributed by atoms with Crippen LogP contribution >= 0.6 is 0 Å². The minimum atomic E-state index is -0.743. The Hall–Kier alpha value is -2.82. The molecule has 2 amide bonds. The zero-order valence-electron chi connectivity index (χ0n) is 15.3. The number of ether oxygens (including phenoxy) is 1. The first-order chi connectivity index (χ1) is 11.7. The smallest absolute Gasteiger partial charge is 0.314 e. The van der Waals surface area contributed by atoms with Crippen LogP contribution in [-0.2, 0) is 15.0 Å². The summed E-state index contributed by atoms with van der Waals surface area (Å²) in [6.07, 6.45) is 0. The van der Waals surface area contributed by atoms with Crippen LogP contribution in [0.3, 0.4) is 0 Å². The Kier molecular flexibility index (Phi) is 5.47. The van der Waals surface area contributed by atoms with Gasteiger partial charge in [-0.25, -0.2) is 0 Å². The molecular formula is C20H24N2O3. The zero-order chi connectivity index (χ0) is 18.6. The number of amides is 2. The van der Waals surface area contributed by atoms with E-state index in [9.17, 15) is 9.59 Å². The molecule has 0 radical (unpaired) electrons. The van der Waals surface area contributed by atoms with Gasteiger partial charge in [0.1, 0.15) is 5.75 Å². The van der Waals surface area contributed by atoms with E-state index in [1.807, 2.05) is 31.2 Å². The van der Waals surface area contributed by atoms with E-state index in [1.165, 1.54) is 7.11 Å². The van der Waals surface area contributed by atoms with Crippen LogP contribution in [0.5, 0.6) is 5.75 Å². The van der Waals surface area contributed by atoms with Gasteiger partial charge in [-0.2, -0.15) is 0 Å². The van der Waals surface area contributed by atoms with Crippen molar-refractivity contribution >= 4 is 23.2 Å². The molecule has 0 fully saturated rings. The van der Waals surface area contributed by atoms with Gasteiger partial charge in [0, 0.05) is 5.69 Å². The summed E-state index contributed by atoms with van der Waals surface area (Å²) in [6.45, 7) is 8.05. The SMILES string of the molecule is COc1ccc(C)cc1NC(=O)C(=O)Nc1ccccc1C(C)(C)C. The van der Waals surface area contributed by atoms with Crippen molar-refractivity contribution in [3.63, 3.8) is 0 Å². The van der Waals surface area contributed by atoms with Gasteiger partial charge in [0.15, 0.2) is 0 Å². The van der Waals surface area contributed by atoms with Crippen LogP contribution < -0.4 is 15.4 Å². The Bertz CT molecular complexity index is 792. The summed E-state index contributed by atoms with van der Waals surface area (Å²) < 4.78 is 5.22. The highest BCUT2D eigenvalue weighted by Gasteiger charge is 2.21. The predicted molar refractivity (Wildman–Crippen MR) is 100 cm³/mol. The summed E-state index contributed by atoms with van der Waals surface area (Å²) in [5.41, 5.74) is 2.86. The first-order valence-corrected chi connectivity index (χ1v) is 8.09. The predicted octanol–water partition coefficient (Wildman–Crippen LogP) is 3.88. The summed E-state index contributed by atoms with van der Waals surface area (Å²) in [5.74, 6) is -0.963. The van der Waals surface area contributed by atoms with Gasteiger partial charge in [-0.3, -0.25) is 9.59 Å². The van der Waals surface area contributed by atoms with Gasteiger partial charge in [-0.15, -0.1) is 0 Å². The van der Waals surface area contributed by atoms with E-state index < -0.39 is 11.8 Å². The van der Waals surface area contributed by atoms with Crippen molar-refractivity contribution in [2.24, 2.45) is 0 Å². The van der Waals surface area contributed by atoms with Crippen molar-refractivity contribution in [3.05, 3.63) is 53.6 Å². The van der Waals surface area contributed by atoms with Crippen LogP contribution in [0.4, 0.5) is 11.4 Å². The highest BCUT2D eigenvalue weighted by molar-refractivity contribution is 6.43. The molecule has 0 aliphatic heterocycles. The van der Waals surface area contributed by atoms with E-state index in [0.29, 0.717) is 17.1 Å². The Morgan fingerprint density at radius 1 is 0.920 bits per heavy atom. The lowest BCUT2D eigenvalue weighted by atomic mass is 9.86. The molecule has 0 aliphatic rings. The van der Waals surface area contributed by atoms with E-state index in [4.69, 9.17) is 4.74 Å². The number of carbonyl (C=O) groups is 2. The Morgan fingerprint density at radius 3 is 2.12 bits per heavy atom. The van der Waals surface area contributed by atoms with Crippen LogP contribution in [0.1, 0.15) is 31.9 Å². The number of para-hydroxylation sites is 1. The molecule has 0 spiro atoms. The van der Waals surface area contributed by atoms with Gasteiger partial charge >= 0.3 is 11.8 Å². The van der Waals surface area contributed by atoms with Crippen molar-refractivity contribution in [2.45, 2.75) is 33.1 Å². The normalized spacial score (nSPS) is 10.9. The molecule has 0 unspecified atom stereocenters. The second kappa shape index (κ2) is 7.38. The maximum atomic E-state index is 12.3. The van der Waals surface area contributed by atoms with Crippen molar-refractivity contribution in [3.8, 4) is 5.75 Å². The lowest BCUT2D eigenvalue weighted by Crippen LogP contribution is -2.30. The van der Waals surface area contributed by atoms with Crippen molar-refractivity contribution in [2.75, 3.05) is 17.7 Å². The number of nitrogens with one attached hydrogen (secondary N) is 2. The molecule has 5 nitrogen and oxygen atoms in total. The van der Waals surface area contributed by atoms with Crippen molar-refractivity contribution in [1.82, 2.24) is 0 Å². The average molecular weight is 340 g/mol. The maximum absolute atomic E-state index is 12.3. The quantitative estimate of drug-likeness (QED) is 0.833. The minimum absolute atomic E-state index is 0.153. The molecule has 0 atom stereocenters. The third kappa shape index (κ3) is 4.59. The molecule has 132 valence electrons. The molecule has 0 aliphatic carbocycles. The number of benzene rings is 2. The molecule has 0 heterocycles. The van der Waals surface area contributed by atoms with Gasteiger partial charge in [0.25, 0.3) is 0 Å². The fraction of sp³-hybridized carbons (Fsp3) is 0.300. The molecular weight excluding hydrogens is 316 g/mol. The first kappa shape index (κ1) is 18.5. The highest BCUT2D eigenvalue weighted by atomic mass is 16.5. The third-order valence-electron chi connectivity index (χ3n) is 3.79. The number of rotatable bonds is 3. The van der Waals surface area contributed by atoms with Crippen LogP contribution in [0.25, 0.3) is 0 Å². The highest BCUT2D eigenvalue weighted by Crippen LogP contribution is 2.29. The molecule has 0 saturated carbocycles. The number of methoxy groups -OCH3 is 1. The third-order valence-corrected chi connectivity index (χ3v) is 3.79. The van der Waals surface area contributed by atoms with E-state index in [0.717, 1.165) is 11.1 Å². The fourth-order valence-corrected chi connectivity index (χ4v) is 2.52. The first-order valence-electron chi connectivity index (χ1n) is 8.09. The summed E-state index contributed by atoms with van der Waals surface area (Å²) >= 11 is 0. The summed E-state index contributed by atoms with van der Waals surface area (Å²) in [5, 5.41) is 5.30. The average Bonchev–Trinajstić information content (AvgIpc) is 2.54. The van der Waals surface area contributed by atoms with Crippen LogP contribution in [0, 0.1) is 6.92 Å². The van der Waals surface area contributed by atoms with Crippen LogP contribution in [0.15, 0.2) is 42.5 Å². The molecule has 5 heteroatoms. The van der Waals surface area contributed by atoms with Crippen LogP contribution in [-0.4, -0.2) is 18.9 Å². The summed E-state index contributed by atoms with van der Waals surface area (Å²) in [6, 6.07) is 12.8. The van der Waals surface area contributed by atoms with Crippen molar-refractivity contribution in [1.29, 1.82) is 0 Å². The monoisotopic (exact) mass is 340 g/mol. The maximum Gasteiger partial charge on any atom is 0.314 e. The number of anilines is 2. The van der Waals surface area contributed by atoms with E-state index in [-0.39, 0.29) is 5.41 Å². The molecule has 25 heavy (non-hydrogen) atoms. The number of hydrogen-bond donors (Lipinski definition) is 2. The largest absolute Gasteiger partial charge is 0.495 e. The molecule has 0 bridgehead atoms. The molecule has 2 aromatic carbocycles. The number of aryl methyl sites for hydroxylation is 1. The van der Waals surface area contributed by atoms with Gasteiger partial charge in [-0.05, 0) is 41.7 Å². The number of hydrogen-bond acceptors (Lipinski definition) is 3. The Balaban J connectivity index is 2.18. The van der Waals surface area contributed by atoms with Gasteiger partial charge < -0.3 is 15.4 Å². The van der Waals surface area contributed by atoms with Gasteiger partial charge in [0.05, 0.1) is 12.8 Å². The lowest BCUT2D eigenvalue weighted by Gasteiger charge is -2.22. The Labute approximate surface area is 148 Å². The zero-order valence-corrected chi connectivity index (χ0v) is 15.3. The summed E-state index contributed by atoms with van der Waals surface area (Å²) in [7, 11) is 1.51. The topological polar surface area (TPSA) is 67.4 Å². The minimum Gasteiger partial charge on any atom is -0.495 e. The molecule has 0 saturated heterocycles. The number of carbonyl (C=O) groups excluding carboxylic acids is 2. The standard InChI is InChI=1S/C20H24N2O3/c1-13-10-11-17(25-5)16(12-13)22-19(24)18(23)21-15-9-7-6-8-14(15)20(2,3)4/h6-12H,1-5H3,(H,21,23)(H,22,24). The van der Waals surface area contributed by atoms with Crippen molar-refractivity contribution < 1.29 is 14.3 Å². The van der Waals surface area contributed by atoms with E-state index in [1.54, 1.807) is 18.2 Å². The van der Waals surface area contributed by atoms with Gasteiger partial charge in [0.2, 0.25) is 0 Å². The second-order valence-corrected chi connectivity index (χ2v) is 6.91. The molecule has 2 aromatic rings. The fourth-order valence-electron chi connectivity index (χ4n) is 2.52. The summed E-state index contributed by atoms with van der Waals surface area (Å²) in [4.78, 5) is 24.6. The lowest BCUT2D eigenvalue weighted by molar-refractivity contribution is -0.133. The van der Waals surface area contributed by atoms with Gasteiger partial charge in [-0.1, -0.05) is 45.0 Å². The second-order valence-electron chi connectivity index (χ2n) is 6.91. The Morgan fingerprint density at radius 2 is 1.52 bits per heavy atom. The molecule has 2 rings (SSSR count). The molecule has 0 aromatic heterocycles. The van der Waals surface area contributed by atoms with Crippen LogP contribution in [0.2, 0.25) is 0 Å². The van der Waals surface area contributed by atoms with E-state index >= 15 is 0 Å². The van der Waals surface area contributed by atoms with E-state index in [2.05, 4.69) is 31.4 Å².